The average Bonchev–Trinajstić information content (AvgIpc) is 2.92. The molecule has 5 rings (SSSR count). The summed E-state index contributed by atoms with van der Waals surface area (Å²) in [6.07, 6.45) is -3.32. The van der Waals surface area contributed by atoms with E-state index in [-0.39, 0.29) is 34.6 Å². The van der Waals surface area contributed by atoms with Crippen LogP contribution in [0, 0.1) is 0 Å². The van der Waals surface area contributed by atoms with Crippen molar-refractivity contribution in [1.29, 1.82) is 0 Å². The molecule has 4 aromatic rings. The van der Waals surface area contributed by atoms with Crippen LogP contribution in [0.1, 0.15) is 11.3 Å². The van der Waals surface area contributed by atoms with Crippen molar-refractivity contribution in [2.75, 3.05) is 38.2 Å². The first kappa shape index (κ1) is 25.4. The first-order chi connectivity index (χ1) is 18.2. The van der Waals surface area contributed by atoms with Crippen LogP contribution in [0.2, 0.25) is 0 Å². The number of anilines is 1. The lowest BCUT2D eigenvalue weighted by atomic mass is 10.1. The van der Waals surface area contributed by atoms with Crippen molar-refractivity contribution >= 4 is 16.8 Å². The van der Waals surface area contributed by atoms with Gasteiger partial charge in [0.2, 0.25) is 11.2 Å². The summed E-state index contributed by atoms with van der Waals surface area (Å²) in [5.74, 6) is -1.67. The standard InChI is InChI=1S/C27H24F3N3O5/c1-36-17-5-4-6-18(15-17)37-25-23(35)19-8-9-21(34)20(24(19)38-26(25)27(28,29)30)16-32-11-13-33(14-12-32)22-7-2-3-10-31-22/h2-10,15,34H,11-14,16H2,1H3. The SMILES string of the molecule is COc1cccc(Oc2c(C(F)(F)F)oc3c(CN4CCN(c5ccccn5)CC4)c(O)ccc3c2=O)c1. The summed E-state index contributed by atoms with van der Waals surface area (Å²) in [6.45, 7) is 2.51. The zero-order chi connectivity index (χ0) is 26.9. The monoisotopic (exact) mass is 527 g/mol. The Morgan fingerprint density at radius 2 is 1.79 bits per heavy atom. The number of pyridine rings is 1. The number of aromatic hydroxyl groups is 1. The molecule has 0 unspecified atom stereocenters. The highest BCUT2D eigenvalue weighted by molar-refractivity contribution is 5.83. The van der Waals surface area contributed by atoms with Gasteiger partial charge in [0.15, 0.2) is 0 Å². The number of hydrogen-bond acceptors (Lipinski definition) is 8. The van der Waals surface area contributed by atoms with E-state index in [9.17, 15) is 23.1 Å². The van der Waals surface area contributed by atoms with Crippen LogP contribution in [0.4, 0.5) is 19.0 Å². The van der Waals surface area contributed by atoms with E-state index in [1.165, 1.54) is 37.4 Å². The van der Waals surface area contributed by atoms with E-state index in [1.54, 1.807) is 12.3 Å². The molecule has 1 N–H and O–H groups in total. The van der Waals surface area contributed by atoms with Crippen molar-refractivity contribution in [3.05, 3.63) is 82.3 Å². The molecule has 1 aliphatic heterocycles. The number of benzene rings is 2. The number of methoxy groups -OCH3 is 1. The third-order valence-corrected chi connectivity index (χ3v) is 6.34. The molecule has 3 heterocycles. The summed E-state index contributed by atoms with van der Waals surface area (Å²) in [5, 5.41) is 10.5. The van der Waals surface area contributed by atoms with Crippen LogP contribution in [0.15, 0.2) is 70.0 Å². The minimum atomic E-state index is -5.03. The lowest BCUT2D eigenvalue weighted by Gasteiger charge is -2.35. The number of phenolic OH excluding ortho intramolecular Hbond substituents is 1. The molecule has 0 radical (unpaired) electrons. The van der Waals surface area contributed by atoms with E-state index in [1.807, 2.05) is 23.1 Å². The number of alkyl halides is 3. The zero-order valence-corrected chi connectivity index (χ0v) is 20.4. The second kappa shape index (κ2) is 10.3. The van der Waals surface area contributed by atoms with Gasteiger partial charge in [-0.2, -0.15) is 13.2 Å². The fraction of sp³-hybridized carbons (Fsp3) is 0.259. The van der Waals surface area contributed by atoms with Crippen molar-refractivity contribution in [1.82, 2.24) is 9.88 Å². The van der Waals surface area contributed by atoms with Gasteiger partial charge in [0.1, 0.15) is 28.6 Å². The van der Waals surface area contributed by atoms with Crippen molar-refractivity contribution < 1.29 is 32.2 Å². The molecule has 0 saturated carbocycles. The molecular weight excluding hydrogens is 503 g/mol. The van der Waals surface area contributed by atoms with E-state index >= 15 is 0 Å². The van der Waals surface area contributed by atoms with E-state index in [0.717, 1.165) is 5.82 Å². The molecule has 11 heteroatoms. The zero-order valence-electron chi connectivity index (χ0n) is 20.4. The number of hydrogen-bond donors (Lipinski definition) is 1. The molecule has 1 saturated heterocycles. The van der Waals surface area contributed by atoms with Gasteiger partial charge in [0.25, 0.3) is 5.76 Å². The fourth-order valence-corrected chi connectivity index (χ4v) is 4.40. The smallest absolute Gasteiger partial charge is 0.453 e. The Bertz CT molecular complexity index is 1500. The van der Waals surface area contributed by atoms with Crippen LogP contribution < -0.4 is 19.8 Å². The maximum atomic E-state index is 14.1. The maximum absolute atomic E-state index is 14.1. The number of piperazine rings is 1. The van der Waals surface area contributed by atoms with E-state index < -0.39 is 23.1 Å². The number of aromatic nitrogens is 1. The molecule has 0 aliphatic carbocycles. The fourth-order valence-electron chi connectivity index (χ4n) is 4.40. The molecule has 1 aliphatic rings. The van der Waals surface area contributed by atoms with Gasteiger partial charge in [-0.05, 0) is 36.4 Å². The first-order valence-electron chi connectivity index (χ1n) is 11.8. The molecule has 0 atom stereocenters. The van der Waals surface area contributed by atoms with Crippen LogP contribution in [0.3, 0.4) is 0 Å². The minimum Gasteiger partial charge on any atom is -0.507 e. The van der Waals surface area contributed by atoms with Gasteiger partial charge >= 0.3 is 6.18 Å². The Morgan fingerprint density at radius 1 is 1.03 bits per heavy atom. The molecule has 1 fully saturated rings. The Labute approximate surface area is 215 Å². The lowest BCUT2D eigenvalue weighted by molar-refractivity contribution is -0.154. The molecule has 0 bridgehead atoms. The highest BCUT2D eigenvalue weighted by Crippen LogP contribution is 2.40. The Kier molecular flexibility index (Phi) is 6.85. The minimum absolute atomic E-state index is 0.0220. The van der Waals surface area contributed by atoms with E-state index in [4.69, 9.17) is 13.9 Å². The second-order valence-corrected chi connectivity index (χ2v) is 8.76. The Balaban J connectivity index is 1.49. The molecule has 2 aromatic heterocycles. The Hall–Kier alpha value is -4.25. The topological polar surface area (TPSA) is 88.3 Å². The highest BCUT2D eigenvalue weighted by Gasteiger charge is 2.41. The summed E-state index contributed by atoms with van der Waals surface area (Å²) >= 11 is 0. The van der Waals surface area contributed by atoms with Crippen LogP contribution in [0.25, 0.3) is 11.0 Å². The summed E-state index contributed by atoms with van der Waals surface area (Å²) in [4.78, 5) is 21.7. The number of nitrogens with zero attached hydrogens (tertiary/aromatic N) is 3. The van der Waals surface area contributed by atoms with Gasteiger partial charge in [0.05, 0.1) is 18.1 Å². The summed E-state index contributed by atoms with van der Waals surface area (Å²) < 4.78 is 58.0. The van der Waals surface area contributed by atoms with Gasteiger partial charge in [-0.25, -0.2) is 4.98 Å². The van der Waals surface area contributed by atoms with Crippen molar-refractivity contribution in [3.63, 3.8) is 0 Å². The first-order valence-corrected chi connectivity index (χ1v) is 11.8. The highest BCUT2D eigenvalue weighted by atomic mass is 19.4. The van der Waals surface area contributed by atoms with Crippen LogP contribution in [-0.4, -0.2) is 48.3 Å². The number of fused-ring (bicyclic) bond motifs is 1. The van der Waals surface area contributed by atoms with Crippen molar-refractivity contribution in [2.24, 2.45) is 0 Å². The second-order valence-electron chi connectivity index (χ2n) is 8.76. The third kappa shape index (κ3) is 5.10. The van der Waals surface area contributed by atoms with E-state index in [2.05, 4.69) is 9.88 Å². The third-order valence-electron chi connectivity index (χ3n) is 6.34. The van der Waals surface area contributed by atoms with Crippen LogP contribution in [0.5, 0.6) is 23.0 Å². The van der Waals surface area contributed by atoms with Gasteiger partial charge in [-0.15, -0.1) is 0 Å². The number of ether oxygens (including phenoxy) is 2. The number of phenols is 1. The largest absolute Gasteiger partial charge is 0.507 e. The predicted octanol–water partition coefficient (Wildman–Crippen LogP) is 5.04. The number of halogens is 3. The molecule has 8 nitrogen and oxygen atoms in total. The van der Waals surface area contributed by atoms with Crippen molar-refractivity contribution in [3.8, 4) is 23.0 Å². The van der Waals surface area contributed by atoms with Crippen molar-refractivity contribution in [2.45, 2.75) is 12.7 Å². The van der Waals surface area contributed by atoms with Gasteiger partial charge in [-0.1, -0.05) is 12.1 Å². The molecule has 2 aromatic carbocycles. The quantitative estimate of drug-likeness (QED) is 0.374. The maximum Gasteiger partial charge on any atom is 0.453 e. The Morgan fingerprint density at radius 3 is 2.47 bits per heavy atom. The summed E-state index contributed by atoms with van der Waals surface area (Å²) in [7, 11) is 1.40. The normalized spacial score (nSPS) is 14.6. The van der Waals surface area contributed by atoms with Gasteiger partial charge < -0.3 is 23.9 Å². The predicted molar refractivity (Wildman–Crippen MR) is 134 cm³/mol. The summed E-state index contributed by atoms with van der Waals surface area (Å²) in [5.41, 5.74) is -1.22. The summed E-state index contributed by atoms with van der Waals surface area (Å²) in [6, 6.07) is 14.0. The molecule has 38 heavy (non-hydrogen) atoms. The lowest BCUT2D eigenvalue weighted by Crippen LogP contribution is -2.46. The molecule has 198 valence electrons. The molecule has 0 spiro atoms. The van der Waals surface area contributed by atoms with Gasteiger partial charge in [-0.3, -0.25) is 9.69 Å². The average molecular weight is 527 g/mol. The van der Waals surface area contributed by atoms with Crippen LogP contribution in [-0.2, 0) is 12.7 Å². The van der Waals surface area contributed by atoms with E-state index in [0.29, 0.717) is 31.9 Å². The molecule has 0 amide bonds. The molecular formula is C27H24F3N3O5. The van der Waals surface area contributed by atoms with Crippen LogP contribution >= 0.6 is 0 Å². The van der Waals surface area contributed by atoms with Gasteiger partial charge in [0, 0.05) is 45.0 Å². The number of rotatable bonds is 6.